The van der Waals surface area contributed by atoms with Gasteiger partial charge in [0.2, 0.25) is 0 Å². The van der Waals surface area contributed by atoms with Crippen molar-refractivity contribution in [2.75, 3.05) is 18.5 Å². The molecular formula is C12H21N3OS. The van der Waals surface area contributed by atoms with Gasteiger partial charge in [-0.25, -0.2) is 9.97 Å². The number of nitrogens with one attached hydrogen (secondary N) is 1. The number of aryl methyl sites for hydroxylation is 1. The summed E-state index contributed by atoms with van der Waals surface area (Å²) in [6, 6.07) is 0. The molecule has 1 aromatic rings. The first-order valence-corrected chi connectivity index (χ1v) is 6.89. The Hall–Kier alpha value is -0.810. The first kappa shape index (κ1) is 14.3. The molecule has 1 aromatic heterocycles. The fourth-order valence-corrected chi connectivity index (χ4v) is 2.27. The molecule has 0 aromatic carbocycles. The summed E-state index contributed by atoms with van der Waals surface area (Å²) in [5.74, 6) is 1.76. The highest BCUT2D eigenvalue weighted by molar-refractivity contribution is 7.99. The largest absolute Gasteiger partial charge is 0.395 e. The number of anilines is 1. The highest BCUT2D eigenvalue weighted by atomic mass is 32.2. The molecule has 96 valence electrons. The van der Waals surface area contributed by atoms with E-state index in [1.54, 1.807) is 11.8 Å². The Labute approximate surface area is 107 Å². The van der Waals surface area contributed by atoms with Gasteiger partial charge in [0.15, 0.2) is 0 Å². The van der Waals surface area contributed by atoms with Crippen molar-refractivity contribution in [1.82, 2.24) is 9.97 Å². The number of aliphatic hydroxyl groups is 1. The monoisotopic (exact) mass is 255 g/mol. The Balaban J connectivity index is 3.05. The van der Waals surface area contributed by atoms with E-state index in [0.29, 0.717) is 0 Å². The van der Waals surface area contributed by atoms with Gasteiger partial charge in [-0.15, -0.1) is 11.8 Å². The molecule has 0 radical (unpaired) electrons. The van der Waals surface area contributed by atoms with Gasteiger partial charge < -0.3 is 10.4 Å². The lowest BCUT2D eigenvalue weighted by Crippen LogP contribution is -2.09. The predicted molar refractivity (Wildman–Crippen MR) is 72.7 cm³/mol. The highest BCUT2D eigenvalue weighted by Crippen LogP contribution is 2.28. The van der Waals surface area contributed by atoms with Crippen LogP contribution in [0, 0.1) is 6.92 Å². The van der Waals surface area contributed by atoms with Crippen LogP contribution < -0.4 is 5.32 Å². The maximum atomic E-state index is 9.11. The maximum Gasteiger partial charge on any atom is 0.133 e. The average Bonchev–Trinajstić information content (AvgIpc) is 2.34. The van der Waals surface area contributed by atoms with Gasteiger partial charge in [-0.3, -0.25) is 0 Å². The van der Waals surface area contributed by atoms with Gasteiger partial charge in [0, 0.05) is 23.8 Å². The number of hydrogen-bond acceptors (Lipinski definition) is 5. The minimum atomic E-state index is 0.155. The topological polar surface area (TPSA) is 58.0 Å². The van der Waals surface area contributed by atoms with Crippen molar-refractivity contribution in [3.8, 4) is 0 Å². The zero-order chi connectivity index (χ0) is 12.8. The first-order valence-electron chi connectivity index (χ1n) is 6.01. The third-order valence-electron chi connectivity index (χ3n) is 2.38. The van der Waals surface area contributed by atoms with Crippen LogP contribution in [0.3, 0.4) is 0 Å². The van der Waals surface area contributed by atoms with Crippen molar-refractivity contribution in [2.45, 2.75) is 44.4 Å². The Morgan fingerprint density at radius 1 is 1.35 bits per heavy atom. The molecule has 5 heteroatoms. The highest BCUT2D eigenvalue weighted by Gasteiger charge is 2.12. The Bertz CT molecular complexity index is 371. The first-order chi connectivity index (χ1) is 8.12. The molecule has 1 heterocycles. The Morgan fingerprint density at radius 2 is 2.06 bits per heavy atom. The zero-order valence-corrected chi connectivity index (χ0v) is 11.8. The van der Waals surface area contributed by atoms with Gasteiger partial charge in [-0.05, 0) is 13.8 Å². The molecule has 1 atom stereocenters. The van der Waals surface area contributed by atoms with Gasteiger partial charge in [-0.1, -0.05) is 13.8 Å². The molecule has 17 heavy (non-hydrogen) atoms. The molecule has 1 unspecified atom stereocenters. The number of nitrogens with zero attached hydrogens (tertiary/aromatic N) is 2. The molecule has 0 saturated heterocycles. The molecular weight excluding hydrogens is 234 g/mol. The summed E-state index contributed by atoms with van der Waals surface area (Å²) in [4.78, 5) is 9.00. The molecule has 0 bridgehead atoms. The van der Waals surface area contributed by atoms with Gasteiger partial charge >= 0.3 is 0 Å². The molecule has 0 aliphatic carbocycles. The van der Waals surface area contributed by atoms with Crippen LogP contribution >= 0.6 is 11.8 Å². The van der Waals surface area contributed by atoms with Crippen molar-refractivity contribution < 1.29 is 5.11 Å². The van der Waals surface area contributed by atoms with E-state index < -0.39 is 0 Å². The third kappa shape index (κ3) is 3.85. The standard InChI is InChI=1S/C12H21N3OS/c1-5-10-14-11(13-6-2)9(4)12(15-10)17-8(3)7-16/h8,16H,5-7H2,1-4H3,(H,13,14,15). The van der Waals surface area contributed by atoms with Crippen LogP contribution in [-0.2, 0) is 6.42 Å². The van der Waals surface area contributed by atoms with Crippen molar-refractivity contribution in [2.24, 2.45) is 0 Å². The average molecular weight is 255 g/mol. The van der Waals surface area contributed by atoms with Crippen LogP contribution in [0.25, 0.3) is 0 Å². The van der Waals surface area contributed by atoms with Crippen molar-refractivity contribution in [1.29, 1.82) is 0 Å². The lowest BCUT2D eigenvalue weighted by Gasteiger charge is -2.14. The molecule has 0 aliphatic heterocycles. The summed E-state index contributed by atoms with van der Waals surface area (Å²) >= 11 is 1.60. The molecule has 0 spiro atoms. The summed E-state index contributed by atoms with van der Waals surface area (Å²) in [6.45, 7) is 9.11. The quantitative estimate of drug-likeness (QED) is 0.603. The van der Waals surface area contributed by atoms with Crippen molar-refractivity contribution in [3.63, 3.8) is 0 Å². The van der Waals surface area contributed by atoms with Crippen molar-refractivity contribution in [3.05, 3.63) is 11.4 Å². The summed E-state index contributed by atoms with van der Waals surface area (Å²) < 4.78 is 0. The summed E-state index contributed by atoms with van der Waals surface area (Å²) in [5, 5.41) is 13.5. The van der Waals surface area contributed by atoms with E-state index in [1.165, 1.54) is 0 Å². The van der Waals surface area contributed by atoms with Gasteiger partial charge in [-0.2, -0.15) is 0 Å². The van der Waals surface area contributed by atoms with E-state index in [9.17, 15) is 0 Å². The minimum Gasteiger partial charge on any atom is -0.395 e. The smallest absolute Gasteiger partial charge is 0.133 e. The predicted octanol–water partition coefficient (Wildman–Crippen LogP) is 2.25. The van der Waals surface area contributed by atoms with E-state index in [2.05, 4.69) is 22.2 Å². The fourth-order valence-electron chi connectivity index (χ4n) is 1.38. The SMILES string of the molecule is CCNc1nc(CC)nc(SC(C)CO)c1C. The van der Waals surface area contributed by atoms with Crippen LogP contribution in [0.5, 0.6) is 0 Å². The summed E-state index contributed by atoms with van der Waals surface area (Å²) in [7, 11) is 0. The Morgan fingerprint density at radius 3 is 2.59 bits per heavy atom. The number of aromatic nitrogens is 2. The van der Waals surface area contributed by atoms with E-state index in [4.69, 9.17) is 5.11 Å². The molecule has 2 N–H and O–H groups in total. The van der Waals surface area contributed by atoms with Crippen LogP contribution in [0.15, 0.2) is 5.03 Å². The number of hydrogen-bond donors (Lipinski definition) is 2. The van der Waals surface area contributed by atoms with Gasteiger partial charge in [0.05, 0.1) is 6.61 Å². The molecule has 0 amide bonds. The summed E-state index contributed by atoms with van der Waals surface area (Å²) in [5.41, 5.74) is 1.06. The normalized spacial score (nSPS) is 12.5. The molecule has 4 nitrogen and oxygen atoms in total. The van der Waals surface area contributed by atoms with Crippen LogP contribution in [0.4, 0.5) is 5.82 Å². The zero-order valence-electron chi connectivity index (χ0n) is 10.9. The van der Waals surface area contributed by atoms with Crippen LogP contribution in [0.2, 0.25) is 0 Å². The lowest BCUT2D eigenvalue weighted by atomic mass is 10.3. The van der Waals surface area contributed by atoms with Gasteiger partial charge in [0.1, 0.15) is 16.7 Å². The third-order valence-corrected chi connectivity index (χ3v) is 3.55. The number of aliphatic hydroxyl groups excluding tert-OH is 1. The molecule has 0 saturated carbocycles. The van der Waals surface area contributed by atoms with Crippen molar-refractivity contribution >= 4 is 17.6 Å². The number of rotatable bonds is 6. The van der Waals surface area contributed by atoms with Gasteiger partial charge in [0.25, 0.3) is 0 Å². The molecule has 0 fully saturated rings. The van der Waals surface area contributed by atoms with E-state index in [1.807, 2.05) is 20.8 Å². The number of thioether (sulfide) groups is 1. The summed E-state index contributed by atoms with van der Waals surface area (Å²) in [6.07, 6.45) is 0.819. The second-order valence-corrected chi connectivity index (χ2v) is 5.34. The maximum absolute atomic E-state index is 9.11. The lowest BCUT2D eigenvalue weighted by molar-refractivity contribution is 0.300. The molecule has 0 aliphatic rings. The minimum absolute atomic E-state index is 0.155. The van der Waals surface area contributed by atoms with E-state index in [-0.39, 0.29) is 11.9 Å². The van der Waals surface area contributed by atoms with Crippen LogP contribution in [0.1, 0.15) is 32.2 Å². The fraction of sp³-hybridized carbons (Fsp3) is 0.667. The molecule has 1 rings (SSSR count). The Kier molecular flexibility index (Phi) is 5.71. The van der Waals surface area contributed by atoms with E-state index in [0.717, 1.165) is 35.2 Å². The van der Waals surface area contributed by atoms with E-state index >= 15 is 0 Å². The van der Waals surface area contributed by atoms with Crippen LogP contribution in [-0.4, -0.2) is 33.5 Å². The second kappa shape index (κ2) is 6.81. The second-order valence-electron chi connectivity index (χ2n) is 3.91.